The molecule has 104 valence electrons. The van der Waals surface area contributed by atoms with Crippen LogP contribution in [-0.4, -0.2) is 32.1 Å². The van der Waals surface area contributed by atoms with Gasteiger partial charge in [0.25, 0.3) is 0 Å². The van der Waals surface area contributed by atoms with Crippen molar-refractivity contribution in [2.24, 2.45) is 0 Å². The summed E-state index contributed by atoms with van der Waals surface area (Å²) in [5.41, 5.74) is 0.226. The van der Waals surface area contributed by atoms with Crippen LogP contribution in [0.3, 0.4) is 0 Å². The number of ether oxygens (including phenoxy) is 3. The second kappa shape index (κ2) is 6.12. The third kappa shape index (κ3) is 3.64. The highest BCUT2D eigenvalue weighted by molar-refractivity contribution is 5.78. The topological polar surface area (TPSA) is 61.8 Å². The minimum absolute atomic E-state index is 0.0893. The zero-order chi connectivity index (χ0) is 14.5. The van der Waals surface area contributed by atoms with Crippen molar-refractivity contribution < 1.29 is 32.6 Å². The second-order valence-corrected chi connectivity index (χ2v) is 3.37. The monoisotopic (exact) mass is 274 g/mol. The van der Waals surface area contributed by atoms with Crippen molar-refractivity contribution in [3.05, 3.63) is 23.8 Å². The number of carbonyl (C=O) groups excluding carboxylic acids is 2. The van der Waals surface area contributed by atoms with Crippen molar-refractivity contribution in [1.82, 2.24) is 0 Å². The molecule has 0 fully saturated rings. The second-order valence-electron chi connectivity index (χ2n) is 3.37. The lowest BCUT2D eigenvalue weighted by atomic mass is 10.2. The summed E-state index contributed by atoms with van der Waals surface area (Å²) < 4.78 is 40.0. The first kappa shape index (κ1) is 14.9. The summed E-state index contributed by atoms with van der Waals surface area (Å²) in [6.07, 6.45) is -3.61. The zero-order valence-corrected chi connectivity index (χ0v) is 10.3. The fourth-order valence-corrected chi connectivity index (χ4v) is 1.24. The Morgan fingerprint density at radius 2 is 2.05 bits per heavy atom. The summed E-state index contributed by atoms with van der Waals surface area (Å²) in [5.74, 6) is -2.25. The van der Waals surface area contributed by atoms with E-state index in [0.717, 1.165) is 6.07 Å². The van der Waals surface area contributed by atoms with Gasteiger partial charge in [0.05, 0.1) is 13.7 Å². The van der Waals surface area contributed by atoms with Gasteiger partial charge in [-0.25, -0.2) is 4.79 Å². The number of hydrogen-bond acceptors (Lipinski definition) is 5. The van der Waals surface area contributed by atoms with Crippen molar-refractivity contribution in [3.63, 3.8) is 0 Å². The molecule has 0 saturated heterocycles. The van der Waals surface area contributed by atoms with E-state index < -0.39 is 12.1 Å². The standard InChI is InChI=1S/C12H12F2O5/c1-3-18-11(16)12(13,14)19-9-5-4-8(7-15)6-10(9)17-2/h4-7H,3H2,1-2H3. The van der Waals surface area contributed by atoms with Crippen molar-refractivity contribution in [2.75, 3.05) is 13.7 Å². The van der Waals surface area contributed by atoms with E-state index in [-0.39, 0.29) is 23.7 Å². The molecule has 0 amide bonds. The van der Waals surface area contributed by atoms with Crippen molar-refractivity contribution in [2.45, 2.75) is 13.0 Å². The number of halogens is 2. The number of aldehydes is 1. The molecule has 0 saturated carbocycles. The summed E-state index contributed by atoms with van der Waals surface area (Å²) in [6.45, 7) is 1.20. The molecule has 1 aromatic rings. The van der Waals surface area contributed by atoms with Crippen molar-refractivity contribution in [1.29, 1.82) is 0 Å². The van der Waals surface area contributed by atoms with Crippen LogP contribution < -0.4 is 9.47 Å². The van der Waals surface area contributed by atoms with E-state index in [2.05, 4.69) is 9.47 Å². The quantitative estimate of drug-likeness (QED) is 0.587. The first-order valence-corrected chi connectivity index (χ1v) is 5.32. The third-order valence-corrected chi connectivity index (χ3v) is 2.07. The molecule has 0 N–H and O–H groups in total. The van der Waals surface area contributed by atoms with E-state index in [1.807, 2.05) is 0 Å². The van der Waals surface area contributed by atoms with E-state index in [4.69, 9.17) is 4.74 Å². The lowest BCUT2D eigenvalue weighted by Crippen LogP contribution is -2.37. The molecule has 7 heteroatoms. The summed E-state index contributed by atoms with van der Waals surface area (Å²) in [4.78, 5) is 21.5. The Morgan fingerprint density at radius 1 is 1.37 bits per heavy atom. The summed E-state index contributed by atoms with van der Waals surface area (Å²) in [6, 6.07) is 3.57. The highest BCUT2D eigenvalue weighted by Gasteiger charge is 2.44. The molecule has 0 aromatic heterocycles. The van der Waals surface area contributed by atoms with Gasteiger partial charge in [0.2, 0.25) is 0 Å². The molecule has 0 heterocycles. The average molecular weight is 274 g/mol. The van der Waals surface area contributed by atoms with Gasteiger partial charge >= 0.3 is 12.1 Å². The summed E-state index contributed by atoms with van der Waals surface area (Å²) >= 11 is 0. The number of hydrogen-bond donors (Lipinski definition) is 0. The van der Waals surface area contributed by atoms with Gasteiger partial charge in [-0.05, 0) is 25.1 Å². The van der Waals surface area contributed by atoms with E-state index in [1.54, 1.807) is 0 Å². The molecule has 0 aliphatic carbocycles. The Labute approximate surface area is 108 Å². The maximum absolute atomic E-state index is 13.4. The average Bonchev–Trinajstić information content (AvgIpc) is 2.39. The smallest absolute Gasteiger partial charge is 0.493 e. The Hall–Kier alpha value is -2.18. The minimum Gasteiger partial charge on any atom is -0.493 e. The number of rotatable bonds is 6. The molecule has 0 bridgehead atoms. The van der Waals surface area contributed by atoms with E-state index in [1.165, 1.54) is 26.2 Å². The van der Waals surface area contributed by atoms with Crippen LogP contribution >= 0.6 is 0 Å². The maximum Gasteiger partial charge on any atom is 0.502 e. The first-order chi connectivity index (χ1) is 8.94. The number of carbonyl (C=O) groups is 2. The van der Waals surface area contributed by atoms with Crippen LogP contribution in [-0.2, 0) is 9.53 Å². The Kier molecular flexibility index (Phi) is 4.80. The highest BCUT2D eigenvalue weighted by atomic mass is 19.3. The fraction of sp³-hybridized carbons (Fsp3) is 0.333. The highest BCUT2D eigenvalue weighted by Crippen LogP contribution is 2.32. The van der Waals surface area contributed by atoms with Crippen LogP contribution in [0.4, 0.5) is 8.78 Å². The van der Waals surface area contributed by atoms with Crippen LogP contribution in [0.15, 0.2) is 18.2 Å². The molecule has 19 heavy (non-hydrogen) atoms. The molecule has 0 aliphatic rings. The maximum atomic E-state index is 13.4. The van der Waals surface area contributed by atoms with Gasteiger partial charge < -0.3 is 14.2 Å². The predicted octanol–water partition coefficient (Wildman–Crippen LogP) is 2.04. The van der Waals surface area contributed by atoms with Crippen LogP contribution in [0.2, 0.25) is 0 Å². The van der Waals surface area contributed by atoms with E-state index in [9.17, 15) is 18.4 Å². The largest absolute Gasteiger partial charge is 0.502 e. The number of alkyl halides is 2. The molecule has 0 aliphatic heterocycles. The molecule has 0 unspecified atom stereocenters. The predicted molar refractivity (Wildman–Crippen MR) is 60.6 cm³/mol. The molecular weight excluding hydrogens is 262 g/mol. The molecular formula is C12H12F2O5. The first-order valence-electron chi connectivity index (χ1n) is 5.32. The SMILES string of the molecule is CCOC(=O)C(F)(F)Oc1ccc(C=O)cc1OC. The molecule has 0 spiro atoms. The van der Waals surface area contributed by atoms with Gasteiger partial charge in [0.1, 0.15) is 6.29 Å². The number of benzene rings is 1. The van der Waals surface area contributed by atoms with Crippen LogP contribution in [0.1, 0.15) is 17.3 Å². The van der Waals surface area contributed by atoms with E-state index in [0.29, 0.717) is 6.29 Å². The summed E-state index contributed by atoms with van der Waals surface area (Å²) in [7, 11) is 1.22. The molecule has 0 radical (unpaired) electrons. The molecule has 1 rings (SSSR count). The summed E-state index contributed by atoms with van der Waals surface area (Å²) in [5, 5.41) is 0. The Balaban J connectivity index is 2.98. The Morgan fingerprint density at radius 3 is 2.58 bits per heavy atom. The van der Waals surface area contributed by atoms with Gasteiger partial charge in [0, 0.05) is 5.56 Å². The van der Waals surface area contributed by atoms with Gasteiger partial charge in [0.15, 0.2) is 11.5 Å². The van der Waals surface area contributed by atoms with Crippen molar-refractivity contribution >= 4 is 12.3 Å². The normalized spacial score (nSPS) is 10.7. The van der Waals surface area contributed by atoms with Gasteiger partial charge in [-0.1, -0.05) is 0 Å². The van der Waals surface area contributed by atoms with Gasteiger partial charge in [-0.15, -0.1) is 0 Å². The van der Waals surface area contributed by atoms with Crippen LogP contribution in [0.25, 0.3) is 0 Å². The van der Waals surface area contributed by atoms with Crippen molar-refractivity contribution in [3.8, 4) is 11.5 Å². The fourth-order valence-electron chi connectivity index (χ4n) is 1.24. The van der Waals surface area contributed by atoms with Crippen LogP contribution in [0, 0.1) is 0 Å². The zero-order valence-electron chi connectivity index (χ0n) is 10.3. The molecule has 0 atom stereocenters. The molecule has 5 nitrogen and oxygen atoms in total. The van der Waals surface area contributed by atoms with Gasteiger partial charge in [-0.2, -0.15) is 8.78 Å². The number of esters is 1. The number of methoxy groups -OCH3 is 1. The lowest BCUT2D eigenvalue weighted by molar-refractivity contribution is -0.216. The third-order valence-electron chi connectivity index (χ3n) is 2.07. The van der Waals surface area contributed by atoms with Gasteiger partial charge in [-0.3, -0.25) is 4.79 Å². The Bertz CT molecular complexity index is 473. The molecule has 1 aromatic carbocycles. The minimum atomic E-state index is -4.13. The van der Waals surface area contributed by atoms with E-state index >= 15 is 0 Å². The lowest BCUT2D eigenvalue weighted by Gasteiger charge is -2.17. The van der Waals surface area contributed by atoms with Crippen LogP contribution in [0.5, 0.6) is 11.5 Å².